The van der Waals surface area contributed by atoms with Crippen molar-refractivity contribution < 1.29 is 4.79 Å². The minimum absolute atomic E-state index is 0.0248. The SMILES string of the molecule is C#CCNC(=O)C(C)SC(C)CN. The van der Waals surface area contributed by atoms with Crippen LogP contribution in [0.25, 0.3) is 0 Å². The first-order chi connectivity index (χ1) is 6.11. The normalized spacial score (nSPS) is 14.3. The summed E-state index contributed by atoms with van der Waals surface area (Å²) in [6.07, 6.45) is 5.01. The summed E-state index contributed by atoms with van der Waals surface area (Å²) in [6, 6.07) is 0. The van der Waals surface area contributed by atoms with Gasteiger partial charge in [-0.2, -0.15) is 0 Å². The third-order valence-electron chi connectivity index (χ3n) is 1.50. The highest BCUT2D eigenvalue weighted by atomic mass is 32.2. The number of carbonyl (C=O) groups excluding carboxylic acids is 1. The first-order valence-corrected chi connectivity index (χ1v) is 5.12. The van der Waals surface area contributed by atoms with Gasteiger partial charge in [-0.15, -0.1) is 18.2 Å². The molecule has 0 aromatic rings. The highest BCUT2D eigenvalue weighted by molar-refractivity contribution is 8.01. The smallest absolute Gasteiger partial charge is 0.233 e. The number of hydrogen-bond donors (Lipinski definition) is 2. The lowest BCUT2D eigenvalue weighted by molar-refractivity contribution is -0.120. The Morgan fingerprint density at radius 2 is 2.31 bits per heavy atom. The third-order valence-corrected chi connectivity index (χ3v) is 2.78. The fraction of sp³-hybridized carbons (Fsp3) is 0.667. The van der Waals surface area contributed by atoms with Crippen molar-refractivity contribution in [2.24, 2.45) is 5.73 Å². The van der Waals surface area contributed by atoms with Gasteiger partial charge in [-0.25, -0.2) is 0 Å². The van der Waals surface area contributed by atoms with Gasteiger partial charge in [-0.1, -0.05) is 12.8 Å². The van der Waals surface area contributed by atoms with Crippen LogP contribution in [0.5, 0.6) is 0 Å². The Morgan fingerprint density at radius 1 is 1.69 bits per heavy atom. The zero-order chi connectivity index (χ0) is 10.3. The van der Waals surface area contributed by atoms with Crippen LogP contribution in [0.4, 0.5) is 0 Å². The van der Waals surface area contributed by atoms with Crippen LogP contribution in [0.2, 0.25) is 0 Å². The molecule has 0 radical (unpaired) electrons. The average molecular weight is 200 g/mol. The van der Waals surface area contributed by atoms with Gasteiger partial charge in [-0.05, 0) is 6.92 Å². The number of terminal acetylenes is 1. The van der Waals surface area contributed by atoms with E-state index in [1.165, 1.54) is 0 Å². The molecule has 0 spiro atoms. The van der Waals surface area contributed by atoms with Crippen LogP contribution in [0, 0.1) is 12.3 Å². The summed E-state index contributed by atoms with van der Waals surface area (Å²) in [5.41, 5.74) is 5.44. The van der Waals surface area contributed by atoms with Gasteiger partial charge in [0.2, 0.25) is 5.91 Å². The van der Waals surface area contributed by atoms with Gasteiger partial charge >= 0.3 is 0 Å². The number of hydrogen-bond acceptors (Lipinski definition) is 3. The van der Waals surface area contributed by atoms with Crippen LogP contribution in [-0.4, -0.2) is 29.5 Å². The Labute approximate surface area is 83.8 Å². The van der Waals surface area contributed by atoms with Crippen LogP contribution in [0.15, 0.2) is 0 Å². The predicted molar refractivity (Wildman–Crippen MR) is 57.4 cm³/mol. The molecule has 0 aliphatic heterocycles. The second-order valence-corrected chi connectivity index (χ2v) is 4.53. The molecule has 3 nitrogen and oxygen atoms in total. The van der Waals surface area contributed by atoms with Crippen LogP contribution >= 0.6 is 11.8 Å². The lowest BCUT2D eigenvalue weighted by atomic mass is 10.4. The summed E-state index contributed by atoms with van der Waals surface area (Å²) in [5.74, 6) is 2.33. The molecule has 3 N–H and O–H groups in total. The van der Waals surface area contributed by atoms with E-state index in [0.717, 1.165) is 0 Å². The van der Waals surface area contributed by atoms with Crippen LogP contribution in [-0.2, 0) is 4.79 Å². The topological polar surface area (TPSA) is 55.1 Å². The van der Waals surface area contributed by atoms with Crippen molar-refractivity contribution in [2.75, 3.05) is 13.1 Å². The van der Waals surface area contributed by atoms with Crippen LogP contribution in [0.3, 0.4) is 0 Å². The minimum Gasteiger partial charge on any atom is -0.344 e. The number of rotatable bonds is 5. The fourth-order valence-electron chi connectivity index (χ4n) is 0.748. The Morgan fingerprint density at radius 3 is 2.77 bits per heavy atom. The Bertz CT molecular complexity index is 200. The maximum absolute atomic E-state index is 11.3. The monoisotopic (exact) mass is 200 g/mol. The van der Waals surface area contributed by atoms with Gasteiger partial charge in [-0.3, -0.25) is 4.79 Å². The summed E-state index contributed by atoms with van der Waals surface area (Å²) in [4.78, 5) is 11.3. The van der Waals surface area contributed by atoms with Crippen molar-refractivity contribution in [1.29, 1.82) is 0 Å². The molecule has 0 rings (SSSR count). The van der Waals surface area contributed by atoms with E-state index in [2.05, 4.69) is 11.2 Å². The maximum Gasteiger partial charge on any atom is 0.233 e. The lowest BCUT2D eigenvalue weighted by Gasteiger charge is -2.14. The maximum atomic E-state index is 11.3. The van der Waals surface area contributed by atoms with Gasteiger partial charge in [0, 0.05) is 11.8 Å². The molecule has 0 bridgehead atoms. The number of thioether (sulfide) groups is 1. The molecule has 0 aromatic carbocycles. The zero-order valence-corrected chi connectivity index (χ0v) is 8.86. The number of carbonyl (C=O) groups is 1. The number of amides is 1. The van der Waals surface area contributed by atoms with Crippen molar-refractivity contribution in [3.8, 4) is 12.3 Å². The number of nitrogens with one attached hydrogen (secondary N) is 1. The van der Waals surface area contributed by atoms with E-state index in [4.69, 9.17) is 12.2 Å². The van der Waals surface area contributed by atoms with E-state index < -0.39 is 0 Å². The van der Waals surface area contributed by atoms with E-state index in [1.807, 2.05) is 13.8 Å². The Hall–Kier alpha value is -0.660. The molecule has 0 heterocycles. The molecule has 0 fully saturated rings. The van der Waals surface area contributed by atoms with Crippen molar-refractivity contribution in [3.63, 3.8) is 0 Å². The molecule has 0 aliphatic carbocycles. The highest BCUT2D eigenvalue weighted by Crippen LogP contribution is 2.16. The molecule has 74 valence electrons. The standard InChI is InChI=1S/C9H16N2OS/c1-4-5-11-9(12)8(3)13-7(2)6-10/h1,7-8H,5-6,10H2,2-3H3,(H,11,12). The molecule has 4 heteroatoms. The molecule has 0 aromatic heterocycles. The molecular weight excluding hydrogens is 184 g/mol. The second kappa shape index (κ2) is 6.81. The molecule has 2 atom stereocenters. The average Bonchev–Trinajstić information content (AvgIpc) is 2.13. The van der Waals surface area contributed by atoms with Gasteiger partial charge in [0.15, 0.2) is 0 Å². The quantitative estimate of drug-likeness (QED) is 0.624. The minimum atomic E-state index is -0.0908. The zero-order valence-electron chi connectivity index (χ0n) is 8.04. The molecular formula is C9H16N2OS. The highest BCUT2D eigenvalue weighted by Gasteiger charge is 2.14. The Balaban J connectivity index is 3.76. The summed E-state index contributed by atoms with van der Waals surface area (Å²) in [5, 5.41) is 2.83. The molecule has 2 unspecified atom stereocenters. The van der Waals surface area contributed by atoms with E-state index in [1.54, 1.807) is 11.8 Å². The number of nitrogens with two attached hydrogens (primary N) is 1. The van der Waals surface area contributed by atoms with E-state index in [-0.39, 0.29) is 11.2 Å². The van der Waals surface area contributed by atoms with Crippen LogP contribution in [0.1, 0.15) is 13.8 Å². The second-order valence-electron chi connectivity index (χ2n) is 2.75. The van der Waals surface area contributed by atoms with E-state index in [9.17, 15) is 4.79 Å². The summed E-state index contributed by atoms with van der Waals surface area (Å²) < 4.78 is 0. The van der Waals surface area contributed by atoms with Crippen molar-refractivity contribution in [2.45, 2.75) is 24.3 Å². The largest absolute Gasteiger partial charge is 0.344 e. The van der Waals surface area contributed by atoms with E-state index in [0.29, 0.717) is 18.3 Å². The van der Waals surface area contributed by atoms with Crippen molar-refractivity contribution >= 4 is 17.7 Å². The van der Waals surface area contributed by atoms with Gasteiger partial charge in [0.1, 0.15) is 0 Å². The molecule has 0 saturated heterocycles. The molecule has 13 heavy (non-hydrogen) atoms. The van der Waals surface area contributed by atoms with Crippen molar-refractivity contribution in [3.05, 3.63) is 0 Å². The third kappa shape index (κ3) is 5.56. The summed E-state index contributed by atoms with van der Waals surface area (Å²) in [7, 11) is 0. The Kier molecular flexibility index (Phi) is 6.47. The first kappa shape index (κ1) is 12.3. The molecule has 0 aliphatic rings. The van der Waals surface area contributed by atoms with Crippen molar-refractivity contribution in [1.82, 2.24) is 5.32 Å². The first-order valence-electron chi connectivity index (χ1n) is 4.18. The van der Waals surface area contributed by atoms with Gasteiger partial charge in [0.25, 0.3) is 0 Å². The van der Waals surface area contributed by atoms with E-state index >= 15 is 0 Å². The summed E-state index contributed by atoms with van der Waals surface area (Å²) >= 11 is 1.55. The predicted octanol–water partition coefficient (Wildman–Crippen LogP) is 0.205. The fourth-order valence-corrected chi connectivity index (χ4v) is 1.76. The van der Waals surface area contributed by atoms with Crippen LogP contribution < -0.4 is 11.1 Å². The molecule has 0 saturated carbocycles. The van der Waals surface area contributed by atoms with Gasteiger partial charge < -0.3 is 11.1 Å². The lowest BCUT2D eigenvalue weighted by Crippen LogP contribution is -2.32. The van der Waals surface area contributed by atoms with Gasteiger partial charge in [0.05, 0.1) is 11.8 Å². The summed E-state index contributed by atoms with van der Waals surface area (Å²) in [6.45, 7) is 4.72. The molecule has 1 amide bonds.